The van der Waals surface area contributed by atoms with Gasteiger partial charge in [0.25, 0.3) is 0 Å². The summed E-state index contributed by atoms with van der Waals surface area (Å²) in [6.45, 7) is 2.03. The van der Waals surface area contributed by atoms with Crippen LogP contribution in [0.4, 0.5) is 5.69 Å². The van der Waals surface area contributed by atoms with Crippen molar-refractivity contribution in [1.29, 1.82) is 0 Å². The molecule has 2 aromatic rings. The monoisotopic (exact) mass is 297 g/mol. The van der Waals surface area contributed by atoms with Crippen LogP contribution in [0.3, 0.4) is 0 Å². The summed E-state index contributed by atoms with van der Waals surface area (Å²) >= 11 is 1.69. The first-order chi connectivity index (χ1) is 10.2. The van der Waals surface area contributed by atoms with Gasteiger partial charge < -0.3 is 5.32 Å². The van der Waals surface area contributed by atoms with Crippen LogP contribution in [-0.4, -0.2) is 12.2 Å². The maximum atomic E-state index is 12.4. The molecular weight excluding hydrogens is 278 g/mol. The number of hydrogen-bond acceptors (Lipinski definition) is 2. The molecule has 3 heteroatoms. The molecule has 1 fully saturated rings. The van der Waals surface area contributed by atoms with Gasteiger partial charge in [-0.25, -0.2) is 0 Å². The fourth-order valence-electron chi connectivity index (χ4n) is 2.64. The lowest BCUT2D eigenvalue weighted by molar-refractivity contribution is -0.117. The lowest BCUT2D eigenvalue weighted by atomic mass is 10.1. The molecule has 3 rings (SSSR count). The van der Waals surface area contributed by atoms with Crippen molar-refractivity contribution in [3.8, 4) is 0 Å². The number of carbonyl (C=O) groups excluding carboxylic acids is 1. The molecule has 0 saturated heterocycles. The SMILES string of the molecule is CSc1ccc(C)c(NC(=O)[C@H]2C[C@H]2c2ccccc2)c1. The Labute approximate surface area is 130 Å². The number of carbonyl (C=O) groups is 1. The Bertz CT molecular complexity index is 654. The van der Waals surface area contributed by atoms with Gasteiger partial charge in [-0.3, -0.25) is 4.79 Å². The van der Waals surface area contributed by atoms with Crippen LogP contribution >= 0.6 is 11.8 Å². The predicted octanol–water partition coefficient (Wildman–Crippen LogP) is 4.46. The summed E-state index contributed by atoms with van der Waals surface area (Å²) in [7, 11) is 0. The number of benzene rings is 2. The second-order valence-electron chi connectivity index (χ2n) is 5.53. The van der Waals surface area contributed by atoms with Gasteiger partial charge in [-0.15, -0.1) is 11.8 Å². The van der Waals surface area contributed by atoms with Crippen LogP contribution in [0.2, 0.25) is 0 Å². The molecule has 0 spiro atoms. The molecule has 108 valence electrons. The quantitative estimate of drug-likeness (QED) is 0.844. The number of anilines is 1. The van der Waals surface area contributed by atoms with E-state index >= 15 is 0 Å². The van der Waals surface area contributed by atoms with E-state index in [-0.39, 0.29) is 11.8 Å². The molecule has 1 aliphatic carbocycles. The molecule has 21 heavy (non-hydrogen) atoms. The average molecular weight is 297 g/mol. The Morgan fingerprint density at radius 2 is 1.95 bits per heavy atom. The van der Waals surface area contributed by atoms with Gasteiger partial charge in [0.05, 0.1) is 0 Å². The van der Waals surface area contributed by atoms with Crippen LogP contribution in [-0.2, 0) is 4.79 Å². The van der Waals surface area contributed by atoms with E-state index in [1.807, 2.05) is 31.4 Å². The first kappa shape index (κ1) is 14.2. The van der Waals surface area contributed by atoms with Gasteiger partial charge in [0.1, 0.15) is 0 Å². The largest absolute Gasteiger partial charge is 0.326 e. The molecule has 2 nitrogen and oxygen atoms in total. The van der Waals surface area contributed by atoms with Gasteiger partial charge in [0.2, 0.25) is 5.91 Å². The summed E-state index contributed by atoms with van der Waals surface area (Å²) in [5.41, 5.74) is 3.32. The van der Waals surface area contributed by atoms with Crippen molar-refractivity contribution in [3.63, 3.8) is 0 Å². The summed E-state index contributed by atoms with van der Waals surface area (Å²) in [4.78, 5) is 13.6. The van der Waals surface area contributed by atoms with E-state index in [0.29, 0.717) is 5.92 Å². The number of thioether (sulfide) groups is 1. The number of rotatable bonds is 4. The molecule has 1 amide bonds. The second kappa shape index (κ2) is 5.94. The molecule has 0 radical (unpaired) electrons. The molecule has 0 bridgehead atoms. The van der Waals surface area contributed by atoms with Gasteiger partial charge in [0.15, 0.2) is 0 Å². The number of hydrogen-bond donors (Lipinski definition) is 1. The zero-order valence-corrected chi connectivity index (χ0v) is 13.1. The lowest BCUT2D eigenvalue weighted by Gasteiger charge is -2.10. The molecule has 0 aromatic heterocycles. The van der Waals surface area contributed by atoms with E-state index in [1.54, 1.807) is 11.8 Å². The van der Waals surface area contributed by atoms with Gasteiger partial charge in [-0.2, -0.15) is 0 Å². The van der Waals surface area contributed by atoms with Crippen molar-refractivity contribution in [2.75, 3.05) is 11.6 Å². The van der Waals surface area contributed by atoms with Crippen molar-refractivity contribution in [3.05, 3.63) is 59.7 Å². The van der Waals surface area contributed by atoms with Crippen LogP contribution in [0.5, 0.6) is 0 Å². The number of amides is 1. The highest BCUT2D eigenvalue weighted by atomic mass is 32.2. The standard InChI is InChI=1S/C18H19NOS/c1-12-8-9-14(21-2)10-17(12)19-18(20)16-11-15(16)13-6-4-3-5-7-13/h3-10,15-16H,11H2,1-2H3,(H,19,20)/t15-,16-/m0/s1. The summed E-state index contributed by atoms with van der Waals surface area (Å²) in [5, 5.41) is 3.09. The molecule has 0 aliphatic heterocycles. The van der Waals surface area contributed by atoms with E-state index in [4.69, 9.17) is 0 Å². The Morgan fingerprint density at radius 3 is 2.67 bits per heavy atom. The van der Waals surface area contributed by atoms with Gasteiger partial charge in [0, 0.05) is 16.5 Å². The van der Waals surface area contributed by atoms with E-state index in [9.17, 15) is 4.79 Å². The van der Waals surface area contributed by atoms with Crippen LogP contribution < -0.4 is 5.32 Å². The van der Waals surface area contributed by atoms with Crippen molar-refractivity contribution in [2.45, 2.75) is 24.2 Å². The minimum Gasteiger partial charge on any atom is -0.326 e. The fraction of sp³-hybridized carbons (Fsp3) is 0.278. The fourth-order valence-corrected chi connectivity index (χ4v) is 3.08. The summed E-state index contributed by atoms with van der Waals surface area (Å²) in [5.74, 6) is 0.644. The van der Waals surface area contributed by atoms with E-state index in [2.05, 4.69) is 35.6 Å². The van der Waals surface area contributed by atoms with Crippen LogP contribution in [0.15, 0.2) is 53.4 Å². The van der Waals surface area contributed by atoms with E-state index in [1.165, 1.54) is 10.5 Å². The predicted molar refractivity (Wildman–Crippen MR) is 88.9 cm³/mol. The molecule has 2 aromatic carbocycles. The van der Waals surface area contributed by atoms with E-state index < -0.39 is 0 Å². The molecule has 0 heterocycles. The topological polar surface area (TPSA) is 29.1 Å². The molecule has 1 N–H and O–H groups in total. The Kier molecular flexibility index (Phi) is 4.02. The highest BCUT2D eigenvalue weighted by Gasteiger charge is 2.43. The summed E-state index contributed by atoms with van der Waals surface area (Å²) < 4.78 is 0. The van der Waals surface area contributed by atoms with Crippen LogP contribution in [0.1, 0.15) is 23.5 Å². The first-order valence-electron chi connectivity index (χ1n) is 7.19. The maximum Gasteiger partial charge on any atom is 0.228 e. The van der Waals surface area contributed by atoms with Gasteiger partial charge in [-0.1, -0.05) is 36.4 Å². The Hall–Kier alpha value is -1.74. The first-order valence-corrected chi connectivity index (χ1v) is 8.42. The van der Waals surface area contributed by atoms with Crippen LogP contribution in [0.25, 0.3) is 0 Å². The molecular formula is C18H19NOS. The average Bonchev–Trinajstić information content (AvgIpc) is 3.31. The minimum atomic E-state index is 0.115. The van der Waals surface area contributed by atoms with Gasteiger partial charge in [-0.05, 0) is 48.8 Å². The molecule has 1 aliphatic rings. The molecule has 1 saturated carbocycles. The highest BCUT2D eigenvalue weighted by molar-refractivity contribution is 7.98. The molecule has 2 atom stereocenters. The highest BCUT2D eigenvalue weighted by Crippen LogP contribution is 2.48. The Balaban J connectivity index is 1.68. The van der Waals surface area contributed by atoms with Crippen molar-refractivity contribution in [2.24, 2.45) is 5.92 Å². The third-order valence-corrected chi connectivity index (χ3v) is 4.78. The third-order valence-electron chi connectivity index (χ3n) is 4.06. The van der Waals surface area contributed by atoms with Crippen LogP contribution in [0, 0.1) is 12.8 Å². The number of nitrogens with one attached hydrogen (secondary N) is 1. The van der Waals surface area contributed by atoms with Gasteiger partial charge >= 0.3 is 0 Å². The third kappa shape index (κ3) is 3.13. The zero-order chi connectivity index (χ0) is 14.8. The smallest absolute Gasteiger partial charge is 0.228 e. The number of aryl methyl sites for hydroxylation is 1. The molecule has 0 unspecified atom stereocenters. The normalized spacial score (nSPS) is 20.1. The Morgan fingerprint density at radius 1 is 1.19 bits per heavy atom. The summed E-state index contributed by atoms with van der Waals surface area (Å²) in [6.07, 6.45) is 3.00. The lowest BCUT2D eigenvalue weighted by Crippen LogP contribution is -2.15. The van der Waals surface area contributed by atoms with Crippen molar-refractivity contribution >= 4 is 23.4 Å². The zero-order valence-electron chi connectivity index (χ0n) is 12.3. The second-order valence-corrected chi connectivity index (χ2v) is 6.41. The van der Waals surface area contributed by atoms with E-state index in [0.717, 1.165) is 17.7 Å². The van der Waals surface area contributed by atoms with Crippen molar-refractivity contribution in [1.82, 2.24) is 0 Å². The maximum absolute atomic E-state index is 12.4. The minimum absolute atomic E-state index is 0.115. The van der Waals surface area contributed by atoms with Crippen molar-refractivity contribution < 1.29 is 4.79 Å². The summed E-state index contributed by atoms with van der Waals surface area (Å²) in [6, 6.07) is 16.5.